The minimum atomic E-state index is -1.07. The number of ketones is 2. The molecule has 0 bridgehead atoms. The smallest absolute Gasteiger partial charge is 0.291 e. The minimum Gasteiger partial charge on any atom is -0.467 e. The van der Waals surface area contributed by atoms with Crippen molar-refractivity contribution in [1.82, 2.24) is 4.90 Å². The van der Waals surface area contributed by atoms with Crippen LogP contribution in [0.2, 0.25) is 0 Å². The van der Waals surface area contributed by atoms with Crippen molar-refractivity contribution >= 4 is 17.5 Å². The largest absolute Gasteiger partial charge is 0.467 e. The zero-order valence-corrected chi connectivity index (χ0v) is 14.3. The lowest BCUT2D eigenvalue weighted by Crippen LogP contribution is -3.06. The summed E-state index contributed by atoms with van der Waals surface area (Å²) < 4.78 is 5.46. The molecule has 1 N–H and O–H groups in total. The van der Waals surface area contributed by atoms with Crippen molar-refractivity contribution in [3.8, 4) is 0 Å². The number of likely N-dealkylation sites (tertiary alicyclic amines) is 1. The third-order valence-electron chi connectivity index (χ3n) is 4.43. The second kappa shape index (κ2) is 7.03. The Labute approximate surface area is 146 Å². The molecule has 0 spiro atoms. The first-order valence-corrected chi connectivity index (χ1v) is 8.27. The van der Waals surface area contributed by atoms with Gasteiger partial charge in [-0.3, -0.25) is 14.4 Å². The molecule has 1 aliphatic rings. The van der Waals surface area contributed by atoms with E-state index >= 15 is 0 Å². The van der Waals surface area contributed by atoms with Crippen molar-refractivity contribution in [2.45, 2.75) is 6.04 Å². The van der Waals surface area contributed by atoms with Gasteiger partial charge < -0.3 is 14.2 Å². The van der Waals surface area contributed by atoms with Crippen LogP contribution in [0.25, 0.3) is 0 Å². The van der Waals surface area contributed by atoms with Gasteiger partial charge in [0.1, 0.15) is 17.7 Å². The Kier molecular flexibility index (Phi) is 4.81. The van der Waals surface area contributed by atoms with Gasteiger partial charge in [0.15, 0.2) is 5.78 Å². The summed E-state index contributed by atoms with van der Waals surface area (Å²) in [6.07, 6.45) is 1.49. The fourth-order valence-corrected chi connectivity index (χ4v) is 3.13. The Morgan fingerprint density at radius 3 is 2.44 bits per heavy atom. The van der Waals surface area contributed by atoms with Gasteiger partial charge in [-0.05, 0) is 12.1 Å². The average Bonchev–Trinajstić information content (AvgIpc) is 3.21. The van der Waals surface area contributed by atoms with E-state index in [4.69, 9.17) is 4.42 Å². The number of carbonyl (C=O) groups excluding carboxylic acids is 3. The van der Waals surface area contributed by atoms with E-state index in [0.29, 0.717) is 24.4 Å². The van der Waals surface area contributed by atoms with E-state index in [1.54, 1.807) is 42.5 Å². The highest BCUT2D eigenvalue weighted by Gasteiger charge is 2.52. The van der Waals surface area contributed by atoms with E-state index in [1.165, 1.54) is 11.2 Å². The van der Waals surface area contributed by atoms with Crippen LogP contribution >= 0.6 is 0 Å². The molecule has 3 rings (SSSR count). The Hall–Kier alpha value is -2.73. The highest BCUT2D eigenvalue weighted by molar-refractivity contribution is 6.44. The quantitative estimate of drug-likeness (QED) is 0.468. The average molecular weight is 341 g/mol. The monoisotopic (exact) mass is 341 g/mol. The summed E-state index contributed by atoms with van der Waals surface area (Å²) in [5.74, 6) is -2.23. The van der Waals surface area contributed by atoms with Crippen LogP contribution in [0.3, 0.4) is 0 Å². The van der Waals surface area contributed by atoms with Gasteiger partial charge in [0.05, 0.1) is 33.4 Å². The lowest BCUT2D eigenvalue weighted by Gasteiger charge is -2.25. The number of benzene rings is 1. The van der Waals surface area contributed by atoms with Crippen LogP contribution in [0.1, 0.15) is 22.2 Å². The SMILES string of the molecule is C[NH+](C)CCN1C(=O)C(=O)C(C(=O)c2ccccc2)C1c1ccco1. The number of furan rings is 1. The zero-order valence-electron chi connectivity index (χ0n) is 14.3. The number of amides is 1. The Balaban J connectivity index is 1.98. The lowest BCUT2D eigenvalue weighted by atomic mass is 9.89. The normalized spacial score (nSPS) is 20.5. The molecule has 0 aliphatic carbocycles. The second-order valence-electron chi connectivity index (χ2n) is 6.49. The van der Waals surface area contributed by atoms with E-state index in [2.05, 4.69) is 0 Å². The van der Waals surface area contributed by atoms with Gasteiger partial charge in [0, 0.05) is 5.56 Å². The molecule has 0 saturated carbocycles. The molecule has 1 fully saturated rings. The summed E-state index contributed by atoms with van der Waals surface area (Å²) in [7, 11) is 3.94. The molecule has 2 heterocycles. The van der Waals surface area contributed by atoms with Gasteiger partial charge in [0.25, 0.3) is 5.91 Å². The van der Waals surface area contributed by atoms with Crippen molar-refractivity contribution in [2.75, 3.05) is 27.2 Å². The van der Waals surface area contributed by atoms with E-state index < -0.39 is 23.7 Å². The molecule has 1 saturated heterocycles. The summed E-state index contributed by atoms with van der Waals surface area (Å²) in [5, 5.41) is 0. The van der Waals surface area contributed by atoms with Crippen LogP contribution < -0.4 is 4.90 Å². The van der Waals surface area contributed by atoms with Crippen molar-refractivity contribution < 1.29 is 23.7 Å². The van der Waals surface area contributed by atoms with Gasteiger partial charge in [0.2, 0.25) is 5.78 Å². The number of hydrogen-bond acceptors (Lipinski definition) is 4. The maximum absolute atomic E-state index is 12.9. The first-order valence-electron chi connectivity index (χ1n) is 8.27. The van der Waals surface area contributed by atoms with Crippen molar-refractivity contribution in [3.05, 3.63) is 60.1 Å². The summed E-state index contributed by atoms with van der Waals surface area (Å²) >= 11 is 0. The lowest BCUT2D eigenvalue weighted by molar-refractivity contribution is -0.857. The number of carbonyl (C=O) groups is 3. The van der Waals surface area contributed by atoms with Crippen LogP contribution in [0.4, 0.5) is 0 Å². The molecule has 2 aromatic rings. The molecular weight excluding hydrogens is 320 g/mol. The highest BCUT2D eigenvalue weighted by atomic mass is 16.3. The molecular formula is C19H21N2O4+. The van der Waals surface area contributed by atoms with Gasteiger partial charge >= 0.3 is 0 Å². The number of nitrogens with one attached hydrogen (secondary N) is 1. The fourth-order valence-electron chi connectivity index (χ4n) is 3.13. The summed E-state index contributed by atoms with van der Waals surface area (Å²) in [4.78, 5) is 40.7. The third-order valence-corrected chi connectivity index (χ3v) is 4.43. The molecule has 25 heavy (non-hydrogen) atoms. The standard InChI is InChI=1S/C19H20N2O4/c1-20(2)10-11-21-16(14-9-6-12-25-14)15(18(23)19(21)24)17(22)13-7-4-3-5-8-13/h3-9,12,15-16H,10-11H2,1-2H3/p+1. The summed E-state index contributed by atoms with van der Waals surface area (Å²) in [6.45, 7) is 1.05. The molecule has 2 atom stereocenters. The minimum absolute atomic E-state index is 0.347. The van der Waals surface area contributed by atoms with Crippen molar-refractivity contribution in [1.29, 1.82) is 0 Å². The molecule has 130 valence electrons. The summed E-state index contributed by atoms with van der Waals surface area (Å²) in [6, 6.07) is 11.3. The van der Waals surface area contributed by atoms with Gasteiger partial charge in [-0.2, -0.15) is 0 Å². The van der Waals surface area contributed by atoms with Crippen LogP contribution in [0.5, 0.6) is 0 Å². The van der Waals surface area contributed by atoms with E-state index in [1.807, 2.05) is 14.1 Å². The molecule has 1 aliphatic heterocycles. The number of rotatable bonds is 6. The molecule has 2 unspecified atom stereocenters. The van der Waals surface area contributed by atoms with Gasteiger partial charge in [-0.15, -0.1) is 0 Å². The van der Waals surface area contributed by atoms with Crippen LogP contribution in [-0.4, -0.2) is 49.6 Å². The Morgan fingerprint density at radius 2 is 1.84 bits per heavy atom. The maximum atomic E-state index is 12.9. The Bertz CT molecular complexity index is 768. The number of hydrogen-bond donors (Lipinski definition) is 1. The maximum Gasteiger partial charge on any atom is 0.291 e. The fraction of sp³-hybridized carbons (Fsp3) is 0.316. The Morgan fingerprint density at radius 1 is 1.12 bits per heavy atom. The molecule has 1 aromatic heterocycles. The topological polar surface area (TPSA) is 72.0 Å². The zero-order chi connectivity index (χ0) is 18.0. The predicted molar refractivity (Wildman–Crippen MR) is 90.1 cm³/mol. The molecule has 6 nitrogen and oxygen atoms in total. The van der Waals surface area contributed by atoms with E-state index in [9.17, 15) is 14.4 Å². The number of quaternary nitrogens is 1. The first kappa shape index (κ1) is 17.1. The molecule has 1 aromatic carbocycles. The third kappa shape index (κ3) is 3.25. The van der Waals surface area contributed by atoms with Crippen molar-refractivity contribution in [3.63, 3.8) is 0 Å². The molecule has 1 amide bonds. The number of nitrogens with zero attached hydrogens (tertiary/aromatic N) is 1. The molecule has 6 heteroatoms. The van der Waals surface area contributed by atoms with Crippen LogP contribution in [0, 0.1) is 5.92 Å². The van der Waals surface area contributed by atoms with Gasteiger partial charge in [-0.1, -0.05) is 30.3 Å². The first-order chi connectivity index (χ1) is 12.0. The van der Waals surface area contributed by atoms with E-state index in [0.717, 1.165) is 4.90 Å². The highest BCUT2D eigenvalue weighted by Crippen LogP contribution is 2.37. The number of likely N-dealkylation sites (N-methyl/N-ethyl adjacent to an activating group) is 1. The number of Topliss-reactive ketones (excluding diaryl/α,β-unsaturated/α-hetero) is 2. The second-order valence-corrected chi connectivity index (χ2v) is 6.49. The van der Waals surface area contributed by atoms with Crippen LogP contribution in [0.15, 0.2) is 53.1 Å². The summed E-state index contributed by atoms with van der Waals surface area (Å²) in [5.41, 5.74) is 0.422. The van der Waals surface area contributed by atoms with Crippen LogP contribution in [-0.2, 0) is 9.59 Å². The van der Waals surface area contributed by atoms with E-state index in [-0.39, 0.29) is 5.78 Å². The molecule has 0 radical (unpaired) electrons. The predicted octanol–water partition coefficient (Wildman–Crippen LogP) is 0.376. The van der Waals surface area contributed by atoms with Crippen molar-refractivity contribution in [2.24, 2.45) is 5.92 Å². The van der Waals surface area contributed by atoms with Gasteiger partial charge in [-0.25, -0.2) is 0 Å².